The molecular weight excluding hydrogens is 454 g/mol. The minimum atomic E-state index is -2.07. The van der Waals surface area contributed by atoms with E-state index in [9.17, 15) is 29.7 Å². The van der Waals surface area contributed by atoms with Crippen molar-refractivity contribution in [1.82, 2.24) is 0 Å². The highest BCUT2D eigenvalue weighted by atomic mass is 16.6. The zero-order valence-corrected chi connectivity index (χ0v) is 20.5. The van der Waals surface area contributed by atoms with E-state index >= 15 is 0 Å². The first-order chi connectivity index (χ1) is 16.6. The summed E-state index contributed by atoms with van der Waals surface area (Å²) >= 11 is 0. The number of carbonyl (C=O) groups is 3. The van der Waals surface area contributed by atoms with E-state index in [-0.39, 0.29) is 44.6 Å². The lowest BCUT2D eigenvalue weighted by Crippen LogP contribution is -2.67. The molecule has 1 saturated carbocycles. The second-order valence-electron chi connectivity index (χ2n) is 10.2. The molecule has 0 aromatic carbocycles. The normalized spacial score (nSPS) is 33.0. The number of Topliss-reactive ketones (excluding diaryl/α,β-unsaturated/α-hetero) is 2. The summed E-state index contributed by atoms with van der Waals surface area (Å²) in [6, 6.07) is 0. The maximum atomic E-state index is 12.9. The van der Waals surface area contributed by atoms with Gasteiger partial charge in [-0.2, -0.15) is 0 Å². The van der Waals surface area contributed by atoms with Gasteiger partial charge in [-0.3, -0.25) is 19.4 Å². The van der Waals surface area contributed by atoms with Gasteiger partial charge in [-0.05, 0) is 25.7 Å². The van der Waals surface area contributed by atoms with Gasteiger partial charge in [0.15, 0.2) is 11.6 Å². The number of hydrogen-bond donors (Lipinski definition) is 4. The molecule has 6 atom stereocenters. The number of nitrogens with zero attached hydrogens (tertiary/aromatic N) is 1. The summed E-state index contributed by atoms with van der Waals surface area (Å²) in [5.41, 5.74) is -0.344. The standard InChI is InChI=1S/C26H39NO8/c1-2-3-7-10-17-20(13-19(29)18(28)11-8-5-4-6-9-12-24(32)33)35-26(34)16-25(17)21(14-22(26)30)27-15-23(25)31/h3,7,17-18,20,23,28,31,34H,2,4-6,8-16H2,1H3,(H,32,33)/t17-,18-,20-,23-,25?,26+/m1/s1. The zero-order chi connectivity index (χ0) is 25.6. The summed E-state index contributed by atoms with van der Waals surface area (Å²) in [5, 5.41) is 41.2. The number of carbonyl (C=O) groups excluding carboxylic acids is 2. The number of carboxylic acids is 1. The molecule has 2 fully saturated rings. The van der Waals surface area contributed by atoms with E-state index < -0.39 is 47.0 Å². The highest BCUT2D eigenvalue weighted by molar-refractivity contribution is 6.11. The van der Waals surface area contributed by atoms with Crippen LogP contribution in [0, 0.1) is 11.3 Å². The van der Waals surface area contributed by atoms with Crippen LogP contribution in [0.3, 0.4) is 0 Å². The largest absolute Gasteiger partial charge is 0.481 e. The Morgan fingerprint density at radius 1 is 1.20 bits per heavy atom. The van der Waals surface area contributed by atoms with Crippen molar-refractivity contribution in [3.8, 4) is 0 Å². The topological polar surface area (TPSA) is 154 Å². The Balaban J connectivity index is 1.65. The highest BCUT2D eigenvalue weighted by Crippen LogP contribution is 2.56. The van der Waals surface area contributed by atoms with Gasteiger partial charge in [-0.1, -0.05) is 44.8 Å². The third-order valence-corrected chi connectivity index (χ3v) is 7.77. The number of aliphatic imine (C=N–C) groups is 1. The molecule has 2 bridgehead atoms. The number of aliphatic hydroxyl groups excluding tert-OH is 2. The molecule has 2 heterocycles. The van der Waals surface area contributed by atoms with E-state index in [0.29, 0.717) is 25.0 Å². The van der Waals surface area contributed by atoms with E-state index in [2.05, 4.69) is 4.99 Å². The average molecular weight is 494 g/mol. The molecule has 1 spiro atoms. The lowest BCUT2D eigenvalue weighted by atomic mass is 9.56. The van der Waals surface area contributed by atoms with E-state index in [1.165, 1.54) is 0 Å². The minimum absolute atomic E-state index is 0.0708. The monoisotopic (exact) mass is 493 g/mol. The van der Waals surface area contributed by atoms with Gasteiger partial charge in [0, 0.05) is 36.3 Å². The molecule has 1 saturated heterocycles. The van der Waals surface area contributed by atoms with Gasteiger partial charge in [-0.25, -0.2) is 0 Å². The van der Waals surface area contributed by atoms with Gasteiger partial charge in [-0.15, -0.1) is 0 Å². The number of hydrogen-bond acceptors (Lipinski definition) is 8. The third-order valence-electron chi connectivity index (χ3n) is 7.77. The molecular formula is C26H39NO8. The van der Waals surface area contributed by atoms with Crippen LogP contribution in [-0.4, -0.2) is 74.3 Å². The fraction of sp³-hybridized carbons (Fsp3) is 0.769. The Morgan fingerprint density at radius 2 is 1.91 bits per heavy atom. The molecule has 0 aromatic rings. The van der Waals surface area contributed by atoms with Crippen molar-refractivity contribution in [3.05, 3.63) is 12.2 Å². The molecule has 9 heteroatoms. The van der Waals surface area contributed by atoms with Crippen molar-refractivity contribution in [2.45, 2.75) is 108 Å². The molecule has 4 N–H and O–H groups in total. The number of ether oxygens (including phenoxy) is 1. The van der Waals surface area contributed by atoms with Gasteiger partial charge >= 0.3 is 5.97 Å². The second kappa shape index (κ2) is 11.9. The van der Waals surface area contributed by atoms with Crippen LogP contribution in [0.4, 0.5) is 0 Å². The maximum absolute atomic E-state index is 12.9. The quantitative estimate of drug-likeness (QED) is 0.212. The number of allylic oxidation sites excluding steroid dienone is 2. The summed E-state index contributed by atoms with van der Waals surface area (Å²) in [7, 11) is 0. The number of rotatable bonds is 14. The van der Waals surface area contributed by atoms with Crippen LogP contribution in [0.5, 0.6) is 0 Å². The Bertz CT molecular complexity index is 854. The lowest BCUT2D eigenvalue weighted by molar-refractivity contribution is -0.285. The molecule has 2 aliphatic heterocycles. The molecule has 3 rings (SSSR count). The highest BCUT2D eigenvalue weighted by Gasteiger charge is 2.67. The van der Waals surface area contributed by atoms with E-state index in [1.807, 2.05) is 19.1 Å². The summed E-state index contributed by atoms with van der Waals surface area (Å²) in [6.07, 6.45) is 6.20. The summed E-state index contributed by atoms with van der Waals surface area (Å²) in [6.45, 7) is 2.16. The molecule has 0 radical (unpaired) electrons. The summed E-state index contributed by atoms with van der Waals surface area (Å²) < 4.78 is 5.89. The third kappa shape index (κ3) is 6.07. The van der Waals surface area contributed by atoms with Gasteiger partial charge in [0.25, 0.3) is 0 Å². The first kappa shape index (κ1) is 27.6. The number of aliphatic hydroxyl groups is 3. The molecule has 0 amide bonds. The van der Waals surface area contributed by atoms with Crippen LogP contribution in [0.1, 0.15) is 84.0 Å². The van der Waals surface area contributed by atoms with Crippen LogP contribution in [0.15, 0.2) is 17.1 Å². The molecule has 0 aromatic heterocycles. The summed E-state index contributed by atoms with van der Waals surface area (Å²) in [5.74, 6) is -4.16. The fourth-order valence-electron chi connectivity index (χ4n) is 5.88. The molecule has 9 nitrogen and oxygen atoms in total. The SMILES string of the molecule is CCC=CC[C@@H]1[C@@H](CC(=O)[C@H](O)CCCCCCCC(=O)O)O[C@@]2(O)CC13C(=NC[C@H]3O)CC2=O. The van der Waals surface area contributed by atoms with Crippen LogP contribution in [-0.2, 0) is 19.1 Å². The number of aliphatic carboxylic acids is 1. The number of ketones is 2. The Hall–Kier alpha value is -1.94. The van der Waals surface area contributed by atoms with Crippen molar-refractivity contribution >= 4 is 23.2 Å². The second-order valence-corrected chi connectivity index (χ2v) is 10.2. The van der Waals surface area contributed by atoms with Gasteiger partial charge in [0.1, 0.15) is 6.10 Å². The maximum Gasteiger partial charge on any atom is 0.303 e. The molecule has 35 heavy (non-hydrogen) atoms. The Labute approximate surface area is 206 Å². The van der Waals surface area contributed by atoms with Crippen molar-refractivity contribution < 1.29 is 39.5 Å². The zero-order valence-electron chi connectivity index (χ0n) is 20.5. The first-order valence-corrected chi connectivity index (χ1v) is 12.9. The first-order valence-electron chi connectivity index (χ1n) is 12.9. The van der Waals surface area contributed by atoms with E-state index in [1.54, 1.807) is 0 Å². The lowest BCUT2D eigenvalue weighted by Gasteiger charge is -2.55. The molecule has 196 valence electrons. The van der Waals surface area contributed by atoms with Crippen LogP contribution in [0.2, 0.25) is 0 Å². The minimum Gasteiger partial charge on any atom is -0.481 e. The molecule has 3 aliphatic rings. The predicted molar refractivity (Wildman–Crippen MR) is 128 cm³/mol. The smallest absolute Gasteiger partial charge is 0.303 e. The van der Waals surface area contributed by atoms with Crippen molar-refractivity contribution in [2.24, 2.45) is 16.3 Å². The Kier molecular flexibility index (Phi) is 9.37. The average Bonchev–Trinajstić information content (AvgIpc) is 3.10. The van der Waals surface area contributed by atoms with E-state index in [4.69, 9.17) is 9.84 Å². The van der Waals surface area contributed by atoms with Crippen molar-refractivity contribution in [2.75, 3.05) is 6.54 Å². The van der Waals surface area contributed by atoms with Crippen LogP contribution < -0.4 is 0 Å². The number of fused-ring (bicyclic) bond motifs is 1. The fourth-order valence-corrected chi connectivity index (χ4v) is 5.88. The van der Waals surface area contributed by atoms with Crippen molar-refractivity contribution in [1.29, 1.82) is 0 Å². The van der Waals surface area contributed by atoms with Crippen molar-refractivity contribution in [3.63, 3.8) is 0 Å². The molecule has 1 aliphatic carbocycles. The van der Waals surface area contributed by atoms with Gasteiger partial charge < -0.3 is 25.2 Å². The Morgan fingerprint density at radius 3 is 2.63 bits per heavy atom. The van der Waals surface area contributed by atoms with Gasteiger partial charge in [0.2, 0.25) is 5.79 Å². The number of carboxylic acid groups (broad SMARTS) is 1. The molecule has 1 unspecified atom stereocenters. The van der Waals surface area contributed by atoms with E-state index in [0.717, 1.165) is 25.7 Å². The van der Waals surface area contributed by atoms with Gasteiger partial charge in [0.05, 0.1) is 25.2 Å². The summed E-state index contributed by atoms with van der Waals surface area (Å²) in [4.78, 5) is 40.6. The predicted octanol–water partition coefficient (Wildman–Crippen LogP) is 2.35. The van der Waals surface area contributed by atoms with Crippen LogP contribution >= 0.6 is 0 Å². The number of unbranched alkanes of at least 4 members (excludes halogenated alkanes) is 4. The van der Waals surface area contributed by atoms with Crippen LogP contribution in [0.25, 0.3) is 0 Å².